The normalized spacial score (nSPS) is 10.7. The van der Waals surface area contributed by atoms with Gasteiger partial charge in [0.2, 0.25) is 0 Å². The van der Waals surface area contributed by atoms with Crippen LogP contribution in [0.3, 0.4) is 0 Å². The Hall–Kier alpha value is -1.89. The molecule has 0 atom stereocenters. The number of nitrogens with zero attached hydrogens (tertiary/aromatic N) is 1. The maximum Gasteiger partial charge on any atom is 0.294 e. The number of anilines is 1. The van der Waals surface area contributed by atoms with Gasteiger partial charge < -0.3 is 5.43 Å². The molecule has 0 aromatic heterocycles. The van der Waals surface area contributed by atoms with Crippen molar-refractivity contribution in [3.63, 3.8) is 0 Å². The van der Waals surface area contributed by atoms with Gasteiger partial charge in [-0.3, -0.25) is 4.55 Å². The van der Waals surface area contributed by atoms with Crippen LogP contribution in [0.1, 0.15) is 5.56 Å². The molecule has 0 saturated carbocycles. The van der Waals surface area contributed by atoms with Gasteiger partial charge in [0.25, 0.3) is 10.1 Å². The summed E-state index contributed by atoms with van der Waals surface area (Å²) >= 11 is 0. The maximum absolute atomic E-state index is 10.5. The summed E-state index contributed by atoms with van der Waals surface area (Å²) in [5.41, 5.74) is 5.21. The van der Waals surface area contributed by atoms with Crippen LogP contribution in [0.5, 0.6) is 0 Å². The highest BCUT2D eigenvalue weighted by atomic mass is 32.2. The third kappa shape index (κ3) is 6.89. The second-order valence-electron chi connectivity index (χ2n) is 4.66. The number of nitrogens with one attached hydrogen (secondary N) is 1. The SMILES string of the molecule is CN(C)Nc1ccccc1.Cc1ccc(S(=O)(=O)O)cc1. The number of aryl methyl sites for hydroxylation is 1. The lowest BCUT2D eigenvalue weighted by atomic mass is 10.2. The number of hydrogen-bond donors (Lipinski definition) is 2. The first kappa shape index (κ1) is 17.2. The molecule has 0 saturated heterocycles. The summed E-state index contributed by atoms with van der Waals surface area (Å²) in [6.45, 7) is 1.84. The van der Waals surface area contributed by atoms with E-state index in [-0.39, 0.29) is 4.90 Å². The van der Waals surface area contributed by atoms with Crippen molar-refractivity contribution in [1.29, 1.82) is 0 Å². The molecular weight excluding hydrogens is 288 g/mol. The molecule has 2 aromatic carbocycles. The molecule has 0 fully saturated rings. The van der Waals surface area contributed by atoms with Crippen LogP contribution in [-0.4, -0.2) is 32.1 Å². The molecule has 0 aliphatic rings. The quantitative estimate of drug-likeness (QED) is 0.674. The lowest BCUT2D eigenvalue weighted by molar-refractivity contribution is 0.483. The van der Waals surface area contributed by atoms with Crippen molar-refractivity contribution in [2.45, 2.75) is 11.8 Å². The Balaban J connectivity index is 0.000000211. The largest absolute Gasteiger partial charge is 0.319 e. The van der Waals surface area contributed by atoms with Crippen LogP contribution < -0.4 is 5.43 Å². The number of benzene rings is 2. The molecule has 2 rings (SSSR count). The average Bonchev–Trinajstić information content (AvgIpc) is 2.39. The molecule has 0 radical (unpaired) electrons. The molecular formula is C15H20N2O3S. The Bertz CT molecular complexity index is 638. The predicted molar refractivity (Wildman–Crippen MR) is 84.7 cm³/mol. The second kappa shape index (κ2) is 7.78. The molecule has 0 bridgehead atoms. The van der Waals surface area contributed by atoms with Crippen molar-refractivity contribution in [2.75, 3.05) is 19.5 Å². The number of para-hydroxylation sites is 1. The van der Waals surface area contributed by atoms with E-state index in [1.165, 1.54) is 12.1 Å². The zero-order chi connectivity index (χ0) is 15.9. The third-order valence-corrected chi connectivity index (χ3v) is 3.31. The highest BCUT2D eigenvalue weighted by Crippen LogP contribution is 2.08. The molecule has 114 valence electrons. The van der Waals surface area contributed by atoms with Crippen molar-refractivity contribution >= 4 is 15.8 Å². The molecule has 2 N–H and O–H groups in total. The average molecular weight is 308 g/mol. The van der Waals surface area contributed by atoms with Gasteiger partial charge in [0.15, 0.2) is 0 Å². The number of hydrazine groups is 1. The number of rotatable bonds is 3. The molecule has 6 heteroatoms. The summed E-state index contributed by atoms with van der Waals surface area (Å²) in [6, 6.07) is 16.1. The second-order valence-corrected chi connectivity index (χ2v) is 6.08. The smallest absolute Gasteiger partial charge is 0.294 e. The van der Waals surface area contributed by atoms with Crippen LogP contribution in [0, 0.1) is 6.92 Å². The minimum Gasteiger partial charge on any atom is -0.319 e. The summed E-state index contributed by atoms with van der Waals surface area (Å²) in [5, 5.41) is 1.91. The summed E-state index contributed by atoms with van der Waals surface area (Å²) in [5.74, 6) is 0. The van der Waals surface area contributed by atoms with Crippen LogP contribution >= 0.6 is 0 Å². The zero-order valence-electron chi connectivity index (χ0n) is 12.3. The van der Waals surface area contributed by atoms with Gasteiger partial charge in [0, 0.05) is 19.8 Å². The predicted octanol–water partition coefficient (Wildman–Crippen LogP) is 2.82. The Morgan fingerprint density at radius 1 is 0.952 bits per heavy atom. The summed E-state index contributed by atoms with van der Waals surface area (Å²) in [4.78, 5) is -0.0666. The highest BCUT2D eigenvalue weighted by molar-refractivity contribution is 7.85. The first-order valence-electron chi connectivity index (χ1n) is 6.32. The molecule has 21 heavy (non-hydrogen) atoms. The summed E-state index contributed by atoms with van der Waals surface area (Å²) < 4.78 is 29.6. The van der Waals surface area contributed by atoms with Crippen LogP contribution in [-0.2, 0) is 10.1 Å². The van der Waals surface area contributed by atoms with E-state index in [0.717, 1.165) is 11.3 Å². The third-order valence-electron chi connectivity index (χ3n) is 2.45. The Kier molecular flexibility index (Phi) is 6.36. The van der Waals surface area contributed by atoms with Gasteiger partial charge in [-0.25, -0.2) is 5.01 Å². The summed E-state index contributed by atoms with van der Waals surface area (Å²) in [6.07, 6.45) is 0. The van der Waals surface area contributed by atoms with Crippen molar-refractivity contribution in [3.05, 3.63) is 60.2 Å². The van der Waals surface area contributed by atoms with E-state index in [1.54, 1.807) is 12.1 Å². The number of hydrogen-bond acceptors (Lipinski definition) is 4. The van der Waals surface area contributed by atoms with Crippen LogP contribution in [0.4, 0.5) is 5.69 Å². The Morgan fingerprint density at radius 2 is 1.48 bits per heavy atom. The first-order chi connectivity index (χ1) is 9.79. The fraction of sp³-hybridized carbons (Fsp3) is 0.200. The van der Waals surface area contributed by atoms with Gasteiger partial charge in [0.05, 0.1) is 4.90 Å². The Labute approximate surface area is 125 Å². The van der Waals surface area contributed by atoms with Crippen LogP contribution in [0.25, 0.3) is 0 Å². The van der Waals surface area contributed by atoms with Gasteiger partial charge in [-0.15, -0.1) is 0 Å². The maximum atomic E-state index is 10.5. The molecule has 0 amide bonds. The summed E-state index contributed by atoms with van der Waals surface area (Å²) in [7, 11) is -0.0890. The minimum atomic E-state index is -4.02. The molecule has 2 aromatic rings. The fourth-order valence-corrected chi connectivity index (χ4v) is 1.96. The van der Waals surface area contributed by atoms with E-state index >= 15 is 0 Å². The van der Waals surface area contributed by atoms with E-state index < -0.39 is 10.1 Å². The van der Waals surface area contributed by atoms with Crippen LogP contribution in [0.2, 0.25) is 0 Å². The van der Waals surface area contributed by atoms with Crippen molar-refractivity contribution in [3.8, 4) is 0 Å². The van der Waals surface area contributed by atoms with E-state index in [1.807, 2.05) is 56.4 Å². The topological polar surface area (TPSA) is 69.6 Å². The molecule has 0 heterocycles. The molecule has 0 aliphatic heterocycles. The van der Waals surface area contributed by atoms with Gasteiger partial charge in [-0.1, -0.05) is 35.9 Å². The van der Waals surface area contributed by atoms with Gasteiger partial charge >= 0.3 is 0 Å². The Morgan fingerprint density at radius 3 is 1.90 bits per heavy atom. The van der Waals surface area contributed by atoms with E-state index in [0.29, 0.717) is 0 Å². The standard InChI is InChI=1S/C8H12N2.C7H8O3S/c1-10(2)9-8-6-4-3-5-7-8;1-6-2-4-7(5-3-6)11(8,9)10/h3-7,9H,1-2H3;2-5H,1H3,(H,8,9,10). The molecule has 0 unspecified atom stereocenters. The van der Waals surface area contributed by atoms with Crippen molar-refractivity contribution in [1.82, 2.24) is 5.01 Å². The lowest BCUT2D eigenvalue weighted by Gasteiger charge is -2.12. The molecule has 5 nitrogen and oxygen atoms in total. The van der Waals surface area contributed by atoms with Crippen molar-refractivity contribution < 1.29 is 13.0 Å². The van der Waals surface area contributed by atoms with E-state index in [2.05, 4.69) is 5.43 Å². The fourth-order valence-electron chi connectivity index (χ4n) is 1.48. The lowest BCUT2D eigenvalue weighted by Crippen LogP contribution is -2.19. The molecule has 0 spiro atoms. The monoisotopic (exact) mass is 308 g/mol. The van der Waals surface area contributed by atoms with Gasteiger partial charge in [-0.2, -0.15) is 8.42 Å². The minimum absolute atomic E-state index is 0.0666. The van der Waals surface area contributed by atoms with E-state index in [4.69, 9.17) is 4.55 Å². The first-order valence-corrected chi connectivity index (χ1v) is 7.76. The van der Waals surface area contributed by atoms with Crippen LogP contribution in [0.15, 0.2) is 59.5 Å². The molecule has 0 aliphatic carbocycles. The van der Waals surface area contributed by atoms with Gasteiger partial charge in [-0.05, 0) is 31.2 Å². The van der Waals surface area contributed by atoms with E-state index in [9.17, 15) is 8.42 Å². The van der Waals surface area contributed by atoms with Gasteiger partial charge in [0.1, 0.15) is 0 Å². The highest BCUT2D eigenvalue weighted by Gasteiger charge is 2.06. The van der Waals surface area contributed by atoms with Crippen molar-refractivity contribution in [2.24, 2.45) is 0 Å². The zero-order valence-corrected chi connectivity index (χ0v) is 13.1.